The van der Waals surface area contributed by atoms with Crippen molar-refractivity contribution in [1.29, 1.82) is 0 Å². The molecule has 1 atom stereocenters. The lowest BCUT2D eigenvalue weighted by molar-refractivity contribution is -0.134. The topological polar surface area (TPSA) is 29.5 Å². The molecule has 2 aliphatic rings. The SMILES string of the molecule is O=C(COc1ccccc1)N1CCCC1C1CC1. The highest BCUT2D eigenvalue weighted by atomic mass is 16.5. The standard InChI is InChI=1S/C15H19NO2/c17-15(11-18-13-5-2-1-3-6-13)16-10-4-7-14(16)12-8-9-12/h1-3,5-6,12,14H,4,7-11H2. The van der Waals surface area contributed by atoms with E-state index in [9.17, 15) is 4.79 Å². The highest BCUT2D eigenvalue weighted by molar-refractivity contribution is 5.78. The van der Waals surface area contributed by atoms with Gasteiger partial charge in [0.2, 0.25) is 0 Å². The van der Waals surface area contributed by atoms with E-state index in [2.05, 4.69) is 0 Å². The van der Waals surface area contributed by atoms with E-state index in [1.165, 1.54) is 19.3 Å². The molecule has 0 radical (unpaired) electrons. The van der Waals surface area contributed by atoms with Crippen molar-refractivity contribution in [3.8, 4) is 5.75 Å². The van der Waals surface area contributed by atoms with Crippen LogP contribution in [0.25, 0.3) is 0 Å². The molecule has 3 heteroatoms. The number of hydrogen-bond acceptors (Lipinski definition) is 2. The van der Waals surface area contributed by atoms with E-state index in [0.29, 0.717) is 6.04 Å². The fraction of sp³-hybridized carbons (Fsp3) is 0.533. The summed E-state index contributed by atoms with van der Waals surface area (Å²) in [4.78, 5) is 14.2. The Morgan fingerprint density at radius 3 is 2.72 bits per heavy atom. The van der Waals surface area contributed by atoms with Gasteiger partial charge in [0.1, 0.15) is 5.75 Å². The zero-order valence-electron chi connectivity index (χ0n) is 10.5. The van der Waals surface area contributed by atoms with Crippen molar-refractivity contribution in [2.24, 2.45) is 5.92 Å². The quantitative estimate of drug-likeness (QED) is 0.815. The van der Waals surface area contributed by atoms with Gasteiger partial charge < -0.3 is 9.64 Å². The molecule has 18 heavy (non-hydrogen) atoms. The van der Waals surface area contributed by atoms with E-state index in [1.54, 1.807) is 0 Å². The minimum absolute atomic E-state index is 0.147. The summed E-state index contributed by atoms with van der Waals surface area (Å²) in [7, 11) is 0. The van der Waals surface area contributed by atoms with Gasteiger partial charge >= 0.3 is 0 Å². The van der Waals surface area contributed by atoms with Gasteiger partial charge in [0.05, 0.1) is 0 Å². The van der Waals surface area contributed by atoms with E-state index in [-0.39, 0.29) is 12.5 Å². The highest BCUT2D eigenvalue weighted by Crippen LogP contribution is 2.40. The van der Waals surface area contributed by atoms with Gasteiger partial charge in [-0.3, -0.25) is 4.79 Å². The molecule has 3 nitrogen and oxygen atoms in total. The Labute approximate surface area is 108 Å². The fourth-order valence-electron chi connectivity index (χ4n) is 2.82. The average Bonchev–Trinajstić information content (AvgIpc) is 3.14. The number of ether oxygens (including phenoxy) is 1. The van der Waals surface area contributed by atoms with Gasteiger partial charge in [0, 0.05) is 12.6 Å². The minimum atomic E-state index is 0.147. The third kappa shape index (κ3) is 2.50. The third-order valence-corrected chi connectivity index (χ3v) is 3.89. The molecule has 1 unspecified atom stereocenters. The number of carbonyl (C=O) groups is 1. The van der Waals surface area contributed by atoms with Gasteiger partial charge in [-0.1, -0.05) is 18.2 Å². The molecular formula is C15H19NO2. The van der Waals surface area contributed by atoms with Crippen LogP contribution in [0.3, 0.4) is 0 Å². The van der Waals surface area contributed by atoms with Crippen LogP contribution in [0.5, 0.6) is 5.75 Å². The molecule has 1 amide bonds. The van der Waals surface area contributed by atoms with Gasteiger partial charge in [-0.15, -0.1) is 0 Å². The van der Waals surface area contributed by atoms with Crippen molar-refractivity contribution in [2.75, 3.05) is 13.2 Å². The van der Waals surface area contributed by atoms with Crippen molar-refractivity contribution >= 4 is 5.91 Å². The summed E-state index contributed by atoms with van der Waals surface area (Å²) in [5.41, 5.74) is 0. The first-order valence-corrected chi connectivity index (χ1v) is 6.82. The molecule has 1 saturated carbocycles. The van der Waals surface area contributed by atoms with Gasteiger partial charge in [-0.25, -0.2) is 0 Å². The molecule has 0 N–H and O–H groups in total. The summed E-state index contributed by atoms with van der Waals surface area (Å²) in [5.74, 6) is 1.69. The molecule has 1 heterocycles. The molecule has 1 aliphatic heterocycles. The van der Waals surface area contributed by atoms with Gasteiger partial charge in [-0.05, 0) is 43.7 Å². The zero-order valence-corrected chi connectivity index (χ0v) is 10.5. The molecule has 2 fully saturated rings. The summed E-state index contributed by atoms with van der Waals surface area (Å²) in [5, 5.41) is 0. The van der Waals surface area contributed by atoms with Crippen LogP contribution in [0.2, 0.25) is 0 Å². The van der Waals surface area contributed by atoms with Crippen molar-refractivity contribution in [1.82, 2.24) is 4.90 Å². The lowest BCUT2D eigenvalue weighted by Gasteiger charge is -2.24. The maximum absolute atomic E-state index is 12.2. The van der Waals surface area contributed by atoms with Crippen molar-refractivity contribution < 1.29 is 9.53 Å². The monoisotopic (exact) mass is 245 g/mol. The van der Waals surface area contributed by atoms with E-state index in [1.807, 2.05) is 35.2 Å². The number of nitrogens with zero attached hydrogens (tertiary/aromatic N) is 1. The number of likely N-dealkylation sites (tertiary alicyclic amines) is 1. The molecule has 0 spiro atoms. The number of amides is 1. The number of benzene rings is 1. The summed E-state index contributed by atoms with van der Waals surface area (Å²) >= 11 is 0. The average molecular weight is 245 g/mol. The van der Waals surface area contributed by atoms with Crippen LogP contribution in [-0.2, 0) is 4.79 Å². The highest BCUT2D eigenvalue weighted by Gasteiger charge is 2.39. The normalized spacial score (nSPS) is 23.1. The molecule has 1 aromatic rings. The Balaban J connectivity index is 1.54. The maximum atomic E-state index is 12.2. The number of para-hydroxylation sites is 1. The first-order chi connectivity index (χ1) is 8.84. The van der Waals surface area contributed by atoms with Crippen molar-refractivity contribution in [3.05, 3.63) is 30.3 Å². The van der Waals surface area contributed by atoms with Crippen LogP contribution < -0.4 is 4.74 Å². The van der Waals surface area contributed by atoms with E-state index < -0.39 is 0 Å². The first kappa shape index (κ1) is 11.6. The molecule has 1 saturated heterocycles. The van der Waals surface area contributed by atoms with Crippen LogP contribution in [0, 0.1) is 5.92 Å². The molecule has 3 rings (SSSR count). The largest absolute Gasteiger partial charge is 0.484 e. The number of carbonyl (C=O) groups excluding carboxylic acids is 1. The van der Waals surface area contributed by atoms with E-state index in [0.717, 1.165) is 24.6 Å². The van der Waals surface area contributed by atoms with Crippen LogP contribution in [0.4, 0.5) is 0 Å². The Hall–Kier alpha value is -1.51. The Morgan fingerprint density at radius 2 is 2.00 bits per heavy atom. The smallest absolute Gasteiger partial charge is 0.260 e. The predicted molar refractivity (Wildman–Crippen MR) is 69.4 cm³/mol. The molecule has 96 valence electrons. The zero-order chi connectivity index (χ0) is 12.4. The lowest BCUT2D eigenvalue weighted by atomic mass is 10.1. The van der Waals surface area contributed by atoms with Crippen LogP contribution in [0.1, 0.15) is 25.7 Å². The third-order valence-electron chi connectivity index (χ3n) is 3.89. The van der Waals surface area contributed by atoms with Crippen LogP contribution >= 0.6 is 0 Å². The number of hydrogen-bond donors (Lipinski definition) is 0. The van der Waals surface area contributed by atoms with Crippen molar-refractivity contribution in [2.45, 2.75) is 31.7 Å². The van der Waals surface area contributed by atoms with E-state index >= 15 is 0 Å². The fourth-order valence-corrected chi connectivity index (χ4v) is 2.82. The van der Waals surface area contributed by atoms with E-state index in [4.69, 9.17) is 4.74 Å². The summed E-state index contributed by atoms with van der Waals surface area (Å²) in [6.45, 7) is 1.09. The molecule has 0 aromatic heterocycles. The predicted octanol–water partition coefficient (Wildman–Crippen LogP) is 2.47. The summed E-state index contributed by atoms with van der Waals surface area (Å²) in [6.07, 6.45) is 4.93. The minimum Gasteiger partial charge on any atom is -0.484 e. The number of rotatable bonds is 4. The molecule has 1 aliphatic carbocycles. The first-order valence-electron chi connectivity index (χ1n) is 6.82. The lowest BCUT2D eigenvalue weighted by Crippen LogP contribution is -2.39. The second-order valence-electron chi connectivity index (χ2n) is 5.24. The van der Waals surface area contributed by atoms with Gasteiger partial charge in [0.15, 0.2) is 6.61 Å². The summed E-state index contributed by atoms with van der Waals surface area (Å²) in [6, 6.07) is 10.0. The Bertz CT molecular complexity index is 414. The molecular weight excluding hydrogens is 226 g/mol. The van der Waals surface area contributed by atoms with Gasteiger partial charge in [0.25, 0.3) is 5.91 Å². The van der Waals surface area contributed by atoms with Crippen molar-refractivity contribution in [3.63, 3.8) is 0 Å². The second-order valence-corrected chi connectivity index (χ2v) is 5.24. The second kappa shape index (κ2) is 5.01. The van der Waals surface area contributed by atoms with Crippen LogP contribution in [0.15, 0.2) is 30.3 Å². The molecule has 1 aromatic carbocycles. The Morgan fingerprint density at radius 1 is 1.22 bits per heavy atom. The molecule has 0 bridgehead atoms. The Kier molecular flexibility index (Phi) is 3.22. The van der Waals surface area contributed by atoms with Crippen LogP contribution in [-0.4, -0.2) is 30.0 Å². The summed E-state index contributed by atoms with van der Waals surface area (Å²) < 4.78 is 5.54. The maximum Gasteiger partial charge on any atom is 0.260 e. The van der Waals surface area contributed by atoms with Gasteiger partial charge in [-0.2, -0.15) is 0 Å².